The first-order chi connectivity index (χ1) is 8.58. The van der Waals surface area contributed by atoms with Crippen LogP contribution in [0.25, 0.3) is 0 Å². The van der Waals surface area contributed by atoms with Gasteiger partial charge in [-0.15, -0.1) is 0 Å². The second-order valence-corrected chi connectivity index (χ2v) is 5.16. The van der Waals surface area contributed by atoms with Crippen molar-refractivity contribution in [1.29, 1.82) is 0 Å². The number of rotatable bonds is 3. The molecule has 2 atom stereocenters. The molecule has 0 aliphatic carbocycles. The maximum absolute atomic E-state index is 10.4. The average Bonchev–Trinajstić information content (AvgIpc) is 2.38. The van der Waals surface area contributed by atoms with Crippen LogP contribution in [0.2, 0.25) is 0 Å². The molecule has 18 heavy (non-hydrogen) atoms. The molecule has 98 valence electrons. The number of nitrogens with zero attached hydrogens (tertiary/aromatic N) is 1. The van der Waals surface area contributed by atoms with Crippen LogP contribution in [0.15, 0.2) is 35.9 Å². The minimum Gasteiger partial charge on any atom is -0.384 e. The van der Waals surface area contributed by atoms with Crippen LogP contribution in [-0.2, 0) is 0 Å². The molecule has 0 spiro atoms. The largest absolute Gasteiger partial charge is 0.384 e. The van der Waals surface area contributed by atoms with Gasteiger partial charge in [-0.3, -0.25) is 0 Å². The van der Waals surface area contributed by atoms with E-state index in [0.29, 0.717) is 0 Å². The Morgan fingerprint density at radius 3 is 2.39 bits per heavy atom. The predicted octanol–water partition coefficient (Wildman–Crippen LogP) is 2.00. The third-order valence-corrected chi connectivity index (χ3v) is 3.50. The van der Waals surface area contributed by atoms with Gasteiger partial charge < -0.3 is 15.7 Å². The van der Waals surface area contributed by atoms with Crippen molar-refractivity contribution in [3.63, 3.8) is 0 Å². The van der Waals surface area contributed by atoms with Crippen molar-refractivity contribution in [3.05, 3.63) is 47.0 Å². The molecule has 1 unspecified atom stereocenters. The molecule has 1 aliphatic rings. The molecule has 3 nitrogen and oxygen atoms in total. The van der Waals surface area contributed by atoms with E-state index >= 15 is 0 Å². The van der Waals surface area contributed by atoms with E-state index in [1.807, 2.05) is 31.2 Å². The lowest BCUT2D eigenvalue weighted by Gasteiger charge is -2.26. The van der Waals surface area contributed by atoms with Crippen LogP contribution in [0.5, 0.6) is 0 Å². The Bertz CT molecular complexity index is 423. The molecule has 3 heteroatoms. The summed E-state index contributed by atoms with van der Waals surface area (Å²) in [6, 6.07) is 7.97. The maximum Gasteiger partial charge on any atom is 0.101 e. The van der Waals surface area contributed by atoms with Crippen LogP contribution in [-0.4, -0.2) is 30.1 Å². The lowest BCUT2D eigenvalue weighted by molar-refractivity contribution is 0.195. The molecule has 0 amide bonds. The van der Waals surface area contributed by atoms with Crippen LogP contribution in [0.3, 0.4) is 0 Å². The topological polar surface area (TPSA) is 49.5 Å². The lowest BCUT2D eigenvalue weighted by Crippen LogP contribution is -2.27. The Balaban J connectivity index is 2.13. The molecule has 0 saturated heterocycles. The van der Waals surface area contributed by atoms with E-state index in [1.54, 1.807) is 0 Å². The Morgan fingerprint density at radius 1 is 1.22 bits per heavy atom. The van der Waals surface area contributed by atoms with E-state index in [-0.39, 0.29) is 6.04 Å². The third kappa shape index (κ3) is 2.99. The maximum atomic E-state index is 10.4. The van der Waals surface area contributed by atoms with Gasteiger partial charge in [0.2, 0.25) is 0 Å². The quantitative estimate of drug-likeness (QED) is 0.802. The molecule has 0 radical (unpaired) electrons. The molecule has 0 saturated carbocycles. The van der Waals surface area contributed by atoms with E-state index in [4.69, 9.17) is 5.73 Å². The van der Waals surface area contributed by atoms with Crippen LogP contribution in [0, 0.1) is 0 Å². The van der Waals surface area contributed by atoms with Gasteiger partial charge in [0, 0.05) is 19.1 Å². The summed E-state index contributed by atoms with van der Waals surface area (Å²) in [5, 5.41) is 10.4. The van der Waals surface area contributed by atoms with E-state index in [1.165, 1.54) is 0 Å². The summed E-state index contributed by atoms with van der Waals surface area (Å²) in [4.78, 5) is 2.23. The zero-order chi connectivity index (χ0) is 13.1. The average molecular weight is 246 g/mol. The number of benzene rings is 1. The molecule has 1 aromatic carbocycles. The fraction of sp³-hybridized carbons (Fsp3) is 0.467. The molecule has 1 aliphatic heterocycles. The van der Waals surface area contributed by atoms with Crippen molar-refractivity contribution in [2.75, 3.05) is 20.1 Å². The van der Waals surface area contributed by atoms with E-state index < -0.39 is 6.10 Å². The molecule has 1 aromatic rings. The van der Waals surface area contributed by atoms with E-state index in [2.05, 4.69) is 18.0 Å². The highest BCUT2D eigenvalue weighted by Crippen LogP contribution is 2.25. The highest BCUT2D eigenvalue weighted by molar-refractivity contribution is 5.31. The minimum absolute atomic E-state index is 0.0382. The summed E-state index contributed by atoms with van der Waals surface area (Å²) in [6.45, 7) is 3.88. The third-order valence-electron chi connectivity index (χ3n) is 3.50. The van der Waals surface area contributed by atoms with Gasteiger partial charge in [-0.05, 0) is 37.1 Å². The minimum atomic E-state index is -0.491. The van der Waals surface area contributed by atoms with Crippen molar-refractivity contribution in [2.24, 2.45) is 5.73 Å². The van der Waals surface area contributed by atoms with Crippen molar-refractivity contribution in [3.8, 4) is 0 Å². The summed E-state index contributed by atoms with van der Waals surface area (Å²) in [5.41, 5.74) is 8.96. The van der Waals surface area contributed by atoms with Crippen LogP contribution in [0.4, 0.5) is 0 Å². The molecule has 3 N–H and O–H groups in total. The second kappa shape index (κ2) is 5.65. The molecule has 2 rings (SSSR count). The van der Waals surface area contributed by atoms with E-state index in [9.17, 15) is 5.11 Å². The highest BCUT2D eigenvalue weighted by atomic mass is 16.3. The van der Waals surface area contributed by atoms with E-state index in [0.717, 1.165) is 36.2 Å². The number of nitrogens with two attached hydrogens (primary N) is 1. The van der Waals surface area contributed by atoms with Crippen molar-refractivity contribution >= 4 is 0 Å². The standard InChI is InChI=1S/C15H22N2O/c1-11(16)12-5-7-13(8-6-12)15(18)14-4-3-9-17(2)10-14/h4-8,11,15,18H,3,9-10,16H2,1-2H3/t11-,15?/m0/s1. The molecular weight excluding hydrogens is 224 g/mol. The van der Waals surface area contributed by atoms with Gasteiger partial charge in [0.25, 0.3) is 0 Å². The van der Waals surface area contributed by atoms with Crippen molar-refractivity contribution in [1.82, 2.24) is 4.90 Å². The molecular formula is C15H22N2O. The number of aliphatic hydroxyl groups is 1. The molecule has 0 fully saturated rings. The van der Waals surface area contributed by atoms with Gasteiger partial charge >= 0.3 is 0 Å². The summed E-state index contributed by atoms with van der Waals surface area (Å²) >= 11 is 0. The lowest BCUT2D eigenvalue weighted by atomic mass is 9.96. The summed E-state index contributed by atoms with van der Waals surface area (Å²) < 4.78 is 0. The Kier molecular flexibility index (Phi) is 4.17. The van der Waals surface area contributed by atoms with Crippen LogP contribution < -0.4 is 5.73 Å². The molecule has 0 aromatic heterocycles. The van der Waals surface area contributed by atoms with Gasteiger partial charge in [-0.1, -0.05) is 30.3 Å². The molecule has 1 heterocycles. The fourth-order valence-corrected chi connectivity index (χ4v) is 2.32. The van der Waals surface area contributed by atoms with Gasteiger partial charge in [-0.2, -0.15) is 0 Å². The Hall–Kier alpha value is -1.16. The SMILES string of the molecule is C[C@H](N)c1ccc(C(O)C2=CCCN(C)C2)cc1. The van der Waals surface area contributed by atoms with Gasteiger partial charge in [-0.25, -0.2) is 0 Å². The fourth-order valence-electron chi connectivity index (χ4n) is 2.32. The monoisotopic (exact) mass is 246 g/mol. The van der Waals surface area contributed by atoms with Crippen LogP contribution >= 0.6 is 0 Å². The van der Waals surface area contributed by atoms with Crippen molar-refractivity contribution in [2.45, 2.75) is 25.5 Å². The zero-order valence-corrected chi connectivity index (χ0v) is 11.1. The van der Waals surface area contributed by atoms with Crippen LogP contribution in [0.1, 0.15) is 36.6 Å². The van der Waals surface area contributed by atoms with Gasteiger partial charge in [0.1, 0.15) is 6.10 Å². The number of aliphatic hydroxyl groups excluding tert-OH is 1. The van der Waals surface area contributed by atoms with Gasteiger partial charge in [0.15, 0.2) is 0 Å². The first-order valence-electron chi connectivity index (χ1n) is 6.49. The van der Waals surface area contributed by atoms with Crippen molar-refractivity contribution < 1.29 is 5.11 Å². The summed E-state index contributed by atoms with van der Waals surface area (Å²) in [5.74, 6) is 0. The number of hydrogen-bond donors (Lipinski definition) is 2. The van der Waals surface area contributed by atoms with Gasteiger partial charge in [0.05, 0.1) is 0 Å². The summed E-state index contributed by atoms with van der Waals surface area (Å²) in [7, 11) is 2.08. The first-order valence-corrected chi connectivity index (χ1v) is 6.49. The normalized spacial score (nSPS) is 20.3. The zero-order valence-electron chi connectivity index (χ0n) is 11.1. The molecule has 0 bridgehead atoms. The highest BCUT2D eigenvalue weighted by Gasteiger charge is 2.17. The smallest absolute Gasteiger partial charge is 0.101 e. The predicted molar refractivity (Wildman–Crippen MR) is 74.2 cm³/mol. The number of likely N-dealkylation sites (N-methyl/N-ethyl adjacent to an activating group) is 1. The second-order valence-electron chi connectivity index (χ2n) is 5.16. The Morgan fingerprint density at radius 2 is 1.83 bits per heavy atom. The first kappa shape index (κ1) is 13.3. The summed E-state index contributed by atoms with van der Waals surface area (Å²) in [6.07, 6.45) is 2.68. The number of hydrogen-bond acceptors (Lipinski definition) is 3. The Labute approximate surface area is 109 Å².